The molecule has 0 unspecified atom stereocenters. The lowest BCUT2D eigenvalue weighted by atomic mass is 10.1. The van der Waals surface area contributed by atoms with E-state index in [0.29, 0.717) is 24.0 Å². The fraction of sp³-hybridized carbons (Fsp3) is 0.400. The van der Waals surface area contributed by atoms with Gasteiger partial charge in [0.25, 0.3) is 5.56 Å². The van der Waals surface area contributed by atoms with Crippen LogP contribution in [-0.4, -0.2) is 38.6 Å². The maximum absolute atomic E-state index is 12.4. The summed E-state index contributed by atoms with van der Waals surface area (Å²) in [7, 11) is 0. The summed E-state index contributed by atoms with van der Waals surface area (Å²) in [4.78, 5) is 30.2. The van der Waals surface area contributed by atoms with E-state index in [1.54, 1.807) is 24.0 Å². The van der Waals surface area contributed by atoms with Gasteiger partial charge in [-0.3, -0.25) is 14.2 Å². The van der Waals surface area contributed by atoms with Gasteiger partial charge in [0.05, 0.1) is 11.7 Å². The van der Waals surface area contributed by atoms with Gasteiger partial charge in [-0.1, -0.05) is 6.07 Å². The number of aryl methyl sites for hydroxylation is 1. The number of phenols is 1. The van der Waals surface area contributed by atoms with Crippen LogP contribution < -0.4 is 5.56 Å². The minimum atomic E-state index is -0.323. The number of nitrogens with zero attached hydrogens (tertiary/aromatic N) is 3. The number of carbonyl (C=O) groups is 1. The highest BCUT2D eigenvalue weighted by Crippen LogP contribution is 2.23. The topological polar surface area (TPSA) is 75.4 Å². The molecule has 0 spiro atoms. The van der Waals surface area contributed by atoms with Gasteiger partial charge < -0.3 is 10.0 Å². The van der Waals surface area contributed by atoms with Gasteiger partial charge in [0.15, 0.2) is 0 Å². The molecule has 0 saturated heterocycles. The quantitative estimate of drug-likeness (QED) is 0.920. The first-order valence-corrected chi connectivity index (χ1v) is 6.95. The molecule has 6 heteroatoms. The molecular weight excluding hydrogens is 270 g/mol. The van der Waals surface area contributed by atoms with Crippen molar-refractivity contribution in [3.63, 3.8) is 0 Å². The molecule has 1 amide bonds. The number of aromatic hydroxyl groups is 1. The summed E-state index contributed by atoms with van der Waals surface area (Å²) in [5, 5.41) is 10.2. The van der Waals surface area contributed by atoms with Crippen LogP contribution in [0.5, 0.6) is 5.75 Å². The molecule has 0 radical (unpaired) electrons. The monoisotopic (exact) mass is 289 g/mol. The summed E-state index contributed by atoms with van der Waals surface area (Å²) in [5.74, 6) is -0.119. The summed E-state index contributed by atoms with van der Waals surface area (Å²) in [6.45, 7) is 6.69. The van der Waals surface area contributed by atoms with Crippen molar-refractivity contribution < 1.29 is 9.90 Å². The zero-order valence-electron chi connectivity index (χ0n) is 12.5. The summed E-state index contributed by atoms with van der Waals surface area (Å²) < 4.78 is 1.28. The Kier molecular flexibility index (Phi) is 4.26. The standard InChI is InChI=1S/C15H19N3O3/c1-4-17(5-2)12(19)8-18-9-16-13-11(15(18)21)7-6-10(3)14(13)20/h6-7,9,20H,4-5,8H2,1-3H3. The van der Waals surface area contributed by atoms with E-state index in [2.05, 4.69) is 4.98 Å². The van der Waals surface area contributed by atoms with Crippen molar-refractivity contribution >= 4 is 16.8 Å². The molecule has 0 aliphatic rings. The molecule has 2 rings (SSSR count). The number of likely N-dealkylation sites (N-methyl/N-ethyl adjacent to an activating group) is 1. The highest BCUT2D eigenvalue weighted by Gasteiger charge is 2.14. The van der Waals surface area contributed by atoms with Gasteiger partial charge in [0, 0.05) is 13.1 Å². The van der Waals surface area contributed by atoms with Crippen LogP contribution in [0.2, 0.25) is 0 Å². The lowest BCUT2D eigenvalue weighted by Crippen LogP contribution is -2.36. The number of fused-ring (bicyclic) bond motifs is 1. The van der Waals surface area contributed by atoms with Crippen LogP contribution in [0.15, 0.2) is 23.3 Å². The van der Waals surface area contributed by atoms with Gasteiger partial charge in [0.1, 0.15) is 17.8 Å². The van der Waals surface area contributed by atoms with Crippen molar-refractivity contribution in [2.75, 3.05) is 13.1 Å². The SMILES string of the molecule is CCN(CC)C(=O)Cn1cnc2c(O)c(C)ccc2c1=O. The molecule has 0 aliphatic carbocycles. The molecule has 1 N–H and O–H groups in total. The summed E-state index contributed by atoms with van der Waals surface area (Å²) >= 11 is 0. The number of carbonyl (C=O) groups excluding carboxylic acids is 1. The number of phenolic OH excluding ortho intramolecular Hbond substituents is 1. The Hall–Kier alpha value is -2.37. The van der Waals surface area contributed by atoms with Crippen molar-refractivity contribution in [3.05, 3.63) is 34.4 Å². The predicted molar refractivity (Wildman–Crippen MR) is 80.3 cm³/mol. The third-order valence-corrected chi connectivity index (χ3v) is 3.59. The second kappa shape index (κ2) is 5.95. The molecule has 6 nitrogen and oxygen atoms in total. The lowest BCUT2D eigenvalue weighted by molar-refractivity contribution is -0.131. The van der Waals surface area contributed by atoms with Gasteiger partial charge in [-0.15, -0.1) is 0 Å². The number of amides is 1. The predicted octanol–water partition coefficient (Wildman–Crippen LogP) is 1.28. The number of hydrogen-bond acceptors (Lipinski definition) is 4. The van der Waals surface area contributed by atoms with Crippen LogP contribution in [0.1, 0.15) is 19.4 Å². The first-order chi connectivity index (χ1) is 9.99. The van der Waals surface area contributed by atoms with E-state index in [-0.39, 0.29) is 29.3 Å². The van der Waals surface area contributed by atoms with Crippen LogP contribution in [0, 0.1) is 6.92 Å². The Morgan fingerprint density at radius 3 is 2.62 bits per heavy atom. The molecule has 21 heavy (non-hydrogen) atoms. The second-order valence-corrected chi connectivity index (χ2v) is 4.87. The molecule has 0 saturated carbocycles. The third-order valence-electron chi connectivity index (χ3n) is 3.59. The lowest BCUT2D eigenvalue weighted by Gasteiger charge is -2.19. The Bertz CT molecular complexity index is 733. The van der Waals surface area contributed by atoms with Crippen molar-refractivity contribution in [1.82, 2.24) is 14.5 Å². The van der Waals surface area contributed by atoms with E-state index in [1.807, 2.05) is 13.8 Å². The summed E-state index contributed by atoms with van der Waals surface area (Å²) in [5.41, 5.74) is 0.605. The van der Waals surface area contributed by atoms with Crippen LogP contribution in [0.3, 0.4) is 0 Å². The third kappa shape index (κ3) is 2.74. The number of benzene rings is 1. The smallest absolute Gasteiger partial charge is 0.261 e. The van der Waals surface area contributed by atoms with Crippen molar-refractivity contribution in [2.45, 2.75) is 27.3 Å². The first-order valence-electron chi connectivity index (χ1n) is 6.95. The summed E-state index contributed by atoms with van der Waals surface area (Å²) in [6, 6.07) is 3.29. The second-order valence-electron chi connectivity index (χ2n) is 4.87. The van der Waals surface area contributed by atoms with Crippen molar-refractivity contribution in [3.8, 4) is 5.75 Å². The molecule has 0 aliphatic heterocycles. The van der Waals surface area contributed by atoms with E-state index >= 15 is 0 Å². The van der Waals surface area contributed by atoms with Crippen LogP contribution in [0.4, 0.5) is 0 Å². The van der Waals surface area contributed by atoms with Crippen LogP contribution >= 0.6 is 0 Å². The Labute approximate surface area is 122 Å². The minimum Gasteiger partial charge on any atom is -0.505 e. The van der Waals surface area contributed by atoms with Gasteiger partial charge in [0.2, 0.25) is 5.91 Å². The van der Waals surface area contributed by atoms with Gasteiger partial charge in [-0.2, -0.15) is 0 Å². The van der Waals surface area contributed by atoms with E-state index in [9.17, 15) is 14.7 Å². The van der Waals surface area contributed by atoms with E-state index < -0.39 is 0 Å². The molecule has 0 fully saturated rings. The highest BCUT2D eigenvalue weighted by atomic mass is 16.3. The number of rotatable bonds is 4. The number of aromatic nitrogens is 2. The molecule has 1 aromatic carbocycles. The van der Waals surface area contributed by atoms with Crippen LogP contribution in [0.25, 0.3) is 10.9 Å². The minimum absolute atomic E-state index is 0.00631. The average molecular weight is 289 g/mol. The van der Waals surface area contributed by atoms with E-state index in [0.717, 1.165) is 0 Å². The average Bonchev–Trinajstić information content (AvgIpc) is 2.47. The summed E-state index contributed by atoms with van der Waals surface area (Å²) in [6.07, 6.45) is 1.31. The largest absolute Gasteiger partial charge is 0.505 e. The molecule has 1 heterocycles. The van der Waals surface area contributed by atoms with E-state index in [1.165, 1.54) is 10.9 Å². The normalized spacial score (nSPS) is 10.8. The van der Waals surface area contributed by atoms with Crippen molar-refractivity contribution in [1.29, 1.82) is 0 Å². The number of hydrogen-bond donors (Lipinski definition) is 1. The van der Waals surface area contributed by atoms with Gasteiger partial charge in [-0.05, 0) is 32.4 Å². The maximum atomic E-state index is 12.4. The van der Waals surface area contributed by atoms with Crippen LogP contribution in [-0.2, 0) is 11.3 Å². The molecule has 0 atom stereocenters. The maximum Gasteiger partial charge on any atom is 0.261 e. The first kappa shape index (κ1) is 15.0. The zero-order valence-corrected chi connectivity index (χ0v) is 12.5. The molecule has 2 aromatic rings. The van der Waals surface area contributed by atoms with Gasteiger partial charge in [-0.25, -0.2) is 4.98 Å². The highest BCUT2D eigenvalue weighted by molar-refractivity contribution is 5.85. The Morgan fingerprint density at radius 1 is 1.33 bits per heavy atom. The molecule has 0 bridgehead atoms. The van der Waals surface area contributed by atoms with E-state index in [4.69, 9.17) is 0 Å². The van der Waals surface area contributed by atoms with Crippen molar-refractivity contribution in [2.24, 2.45) is 0 Å². The van der Waals surface area contributed by atoms with Gasteiger partial charge >= 0.3 is 0 Å². The Morgan fingerprint density at radius 2 is 2.00 bits per heavy atom. The molecular formula is C15H19N3O3. The molecule has 112 valence electrons. The fourth-order valence-electron chi connectivity index (χ4n) is 2.25. The Balaban J connectivity index is 2.44. The zero-order chi connectivity index (χ0) is 15.6. The fourth-order valence-corrected chi connectivity index (χ4v) is 2.25. The molecule has 1 aromatic heterocycles.